The first-order valence-corrected chi connectivity index (χ1v) is 8.43. The zero-order valence-electron chi connectivity index (χ0n) is 13.3. The average Bonchev–Trinajstić information content (AvgIpc) is 3.10. The lowest BCUT2D eigenvalue weighted by atomic mass is 9.92. The second kappa shape index (κ2) is 6.49. The van der Waals surface area contributed by atoms with Gasteiger partial charge in [-0.1, -0.05) is 26.0 Å². The van der Waals surface area contributed by atoms with E-state index < -0.39 is 0 Å². The summed E-state index contributed by atoms with van der Waals surface area (Å²) in [4.78, 5) is 14.7. The molecule has 2 fully saturated rings. The minimum atomic E-state index is -0.0498. The number of fused-ring (bicyclic) bond motifs is 2. The van der Waals surface area contributed by atoms with Crippen molar-refractivity contribution in [3.8, 4) is 0 Å². The first-order valence-electron chi connectivity index (χ1n) is 8.43. The van der Waals surface area contributed by atoms with Gasteiger partial charge in [0.15, 0.2) is 0 Å². The van der Waals surface area contributed by atoms with E-state index in [2.05, 4.69) is 31.3 Å². The van der Waals surface area contributed by atoms with Crippen LogP contribution in [0.5, 0.6) is 0 Å². The lowest BCUT2D eigenvalue weighted by molar-refractivity contribution is -0.138. The Morgan fingerprint density at radius 3 is 2.62 bits per heavy atom. The second-order valence-electron chi connectivity index (χ2n) is 7.11. The predicted molar refractivity (Wildman–Crippen MR) is 82.9 cm³/mol. The van der Waals surface area contributed by atoms with Crippen molar-refractivity contribution in [1.82, 2.24) is 10.2 Å². The SMILES string of the molecule is CC(C)[C@@H](NC[C@@H]1C[C@H]2C=C[C@H]1C2)C(=O)N1CCOCC1. The van der Waals surface area contributed by atoms with Gasteiger partial charge in [0.1, 0.15) is 0 Å². The van der Waals surface area contributed by atoms with Crippen LogP contribution in [0.2, 0.25) is 0 Å². The molecule has 1 amide bonds. The van der Waals surface area contributed by atoms with Crippen LogP contribution in [0.15, 0.2) is 12.2 Å². The highest BCUT2D eigenvalue weighted by Crippen LogP contribution is 2.43. The number of allylic oxidation sites excluding steroid dienone is 2. The molecule has 4 heteroatoms. The summed E-state index contributed by atoms with van der Waals surface area (Å²) in [6.07, 6.45) is 7.38. The van der Waals surface area contributed by atoms with Gasteiger partial charge in [0.05, 0.1) is 19.3 Å². The van der Waals surface area contributed by atoms with Gasteiger partial charge in [0.2, 0.25) is 5.91 Å². The molecule has 1 saturated heterocycles. The van der Waals surface area contributed by atoms with E-state index in [1.54, 1.807) is 0 Å². The smallest absolute Gasteiger partial charge is 0.240 e. The van der Waals surface area contributed by atoms with Crippen molar-refractivity contribution in [3.05, 3.63) is 12.2 Å². The summed E-state index contributed by atoms with van der Waals surface area (Å²) in [6.45, 7) is 8.07. The maximum absolute atomic E-state index is 12.7. The number of nitrogens with zero attached hydrogens (tertiary/aromatic N) is 1. The zero-order valence-corrected chi connectivity index (χ0v) is 13.3. The number of rotatable bonds is 5. The van der Waals surface area contributed by atoms with Crippen molar-refractivity contribution in [3.63, 3.8) is 0 Å². The lowest BCUT2D eigenvalue weighted by Gasteiger charge is -2.33. The first kappa shape index (κ1) is 15.0. The second-order valence-corrected chi connectivity index (χ2v) is 7.11. The molecule has 2 aliphatic carbocycles. The van der Waals surface area contributed by atoms with Crippen molar-refractivity contribution in [1.29, 1.82) is 0 Å². The summed E-state index contributed by atoms with van der Waals surface area (Å²) in [5, 5.41) is 3.58. The van der Waals surface area contributed by atoms with Crippen LogP contribution < -0.4 is 5.32 Å². The molecule has 118 valence electrons. The molecule has 0 radical (unpaired) electrons. The molecule has 1 N–H and O–H groups in total. The maximum atomic E-state index is 12.7. The molecule has 0 aromatic rings. The molecule has 1 saturated carbocycles. The van der Waals surface area contributed by atoms with Crippen LogP contribution in [0.25, 0.3) is 0 Å². The standard InChI is InChI=1S/C17H28N2O2/c1-12(2)16(17(20)19-5-7-21-8-6-19)18-11-15-10-13-3-4-14(15)9-13/h3-4,12-16,18H,5-11H2,1-2H3/t13-,14-,15-,16+/m0/s1. The number of hydrogen-bond acceptors (Lipinski definition) is 3. The van der Waals surface area contributed by atoms with Gasteiger partial charge in [-0.2, -0.15) is 0 Å². The maximum Gasteiger partial charge on any atom is 0.240 e. The van der Waals surface area contributed by atoms with Gasteiger partial charge >= 0.3 is 0 Å². The topological polar surface area (TPSA) is 41.6 Å². The highest BCUT2D eigenvalue weighted by atomic mass is 16.5. The van der Waals surface area contributed by atoms with Crippen molar-refractivity contribution < 1.29 is 9.53 Å². The van der Waals surface area contributed by atoms with Crippen LogP contribution >= 0.6 is 0 Å². The third-order valence-corrected chi connectivity index (χ3v) is 5.27. The molecule has 0 aromatic heterocycles. The molecule has 0 aromatic carbocycles. The van der Waals surface area contributed by atoms with Gasteiger partial charge < -0.3 is 15.0 Å². The largest absolute Gasteiger partial charge is 0.378 e. The number of carbonyl (C=O) groups excluding carboxylic acids is 1. The number of nitrogens with one attached hydrogen (secondary N) is 1. The summed E-state index contributed by atoms with van der Waals surface area (Å²) in [5.74, 6) is 2.85. The normalized spacial score (nSPS) is 32.9. The lowest BCUT2D eigenvalue weighted by Crippen LogP contribution is -2.53. The van der Waals surface area contributed by atoms with Crippen LogP contribution in [-0.2, 0) is 9.53 Å². The molecule has 0 unspecified atom stereocenters. The Hall–Kier alpha value is -0.870. The summed E-state index contributed by atoms with van der Waals surface area (Å²) < 4.78 is 5.34. The van der Waals surface area contributed by atoms with Crippen LogP contribution in [0.1, 0.15) is 26.7 Å². The predicted octanol–water partition coefficient (Wildman–Crippen LogP) is 1.67. The van der Waals surface area contributed by atoms with E-state index in [0.29, 0.717) is 19.1 Å². The molecular formula is C17H28N2O2. The molecule has 3 aliphatic rings. The Bertz CT molecular complexity index is 402. The zero-order chi connectivity index (χ0) is 14.8. The number of carbonyl (C=O) groups is 1. The number of hydrogen-bond donors (Lipinski definition) is 1. The quantitative estimate of drug-likeness (QED) is 0.784. The van der Waals surface area contributed by atoms with E-state index in [-0.39, 0.29) is 11.9 Å². The number of amides is 1. The molecule has 21 heavy (non-hydrogen) atoms. The van der Waals surface area contributed by atoms with E-state index in [9.17, 15) is 4.79 Å². The van der Waals surface area contributed by atoms with Crippen molar-refractivity contribution in [2.45, 2.75) is 32.7 Å². The highest BCUT2D eigenvalue weighted by Gasteiger charge is 2.36. The van der Waals surface area contributed by atoms with Crippen LogP contribution in [0.4, 0.5) is 0 Å². The Labute approximate surface area is 127 Å². The molecule has 1 heterocycles. The fourth-order valence-electron chi connectivity index (χ4n) is 4.00. The van der Waals surface area contributed by atoms with Crippen molar-refractivity contribution in [2.75, 3.05) is 32.8 Å². The molecule has 3 rings (SSSR count). The van der Waals surface area contributed by atoms with Crippen molar-refractivity contribution >= 4 is 5.91 Å². The fourth-order valence-corrected chi connectivity index (χ4v) is 4.00. The van der Waals surface area contributed by atoms with Gasteiger partial charge in [-0.05, 0) is 43.1 Å². The third kappa shape index (κ3) is 3.32. The van der Waals surface area contributed by atoms with Gasteiger partial charge in [-0.25, -0.2) is 0 Å². The monoisotopic (exact) mass is 292 g/mol. The molecule has 4 nitrogen and oxygen atoms in total. The summed E-state index contributed by atoms with van der Waals surface area (Å²) in [7, 11) is 0. The van der Waals surface area contributed by atoms with Gasteiger partial charge in [-0.15, -0.1) is 0 Å². The minimum absolute atomic E-state index is 0.0498. The summed E-state index contributed by atoms with van der Waals surface area (Å²) in [5.41, 5.74) is 0. The Morgan fingerprint density at radius 2 is 2.05 bits per heavy atom. The van der Waals surface area contributed by atoms with Gasteiger partial charge in [-0.3, -0.25) is 4.79 Å². The number of morpholine rings is 1. The Kier molecular flexibility index (Phi) is 4.65. The molecule has 0 spiro atoms. The van der Waals surface area contributed by atoms with Crippen LogP contribution in [0.3, 0.4) is 0 Å². The molecule has 4 atom stereocenters. The van der Waals surface area contributed by atoms with E-state index >= 15 is 0 Å². The molecular weight excluding hydrogens is 264 g/mol. The third-order valence-electron chi connectivity index (χ3n) is 5.27. The highest BCUT2D eigenvalue weighted by molar-refractivity contribution is 5.82. The average molecular weight is 292 g/mol. The fraction of sp³-hybridized carbons (Fsp3) is 0.824. The van der Waals surface area contributed by atoms with Gasteiger partial charge in [0, 0.05) is 13.1 Å². The Morgan fingerprint density at radius 1 is 1.29 bits per heavy atom. The van der Waals surface area contributed by atoms with Crippen LogP contribution in [-0.4, -0.2) is 49.7 Å². The van der Waals surface area contributed by atoms with E-state index in [4.69, 9.17) is 4.74 Å². The van der Waals surface area contributed by atoms with E-state index in [0.717, 1.165) is 37.4 Å². The van der Waals surface area contributed by atoms with E-state index in [1.807, 2.05) is 4.90 Å². The summed E-state index contributed by atoms with van der Waals surface area (Å²) in [6, 6.07) is -0.0498. The van der Waals surface area contributed by atoms with Crippen LogP contribution in [0, 0.1) is 23.7 Å². The first-order chi connectivity index (χ1) is 10.1. The van der Waals surface area contributed by atoms with Gasteiger partial charge in [0.25, 0.3) is 0 Å². The molecule has 2 bridgehead atoms. The van der Waals surface area contributed by atoms with E-state index in [1.165, 1.54) is 12.8 Å². The Balaban J connectivity index is 1.54. The number of ether oxygens (including phenoxy) is 1. The summed E-state index contributed by atoms with van der Waals surface area (Å²) >= 11 is 0. The minimum Gasteiger partial charge on any atom is -0.378 e. The van der Waals surface area contributed by atoms with Crippen molar-refractivity contribution in [2.24, 2.45) is 23.7 Å². The molecule has 1 aliphatic heterocycles.